The lowest BCUT2D eigenvalue weighted by atomic mass is 9.94. The molecule has 55 nitrogen and oxygen atoms in total. The number of hydrogen-bond acceptors (Lipinski definition) is 50. The molecule has 56 heteroatoms. The Bertz CT molecular complexity index is 3560. The summed E-state index contributed by atoms with van der Waals surface area (Å²) in [5.74, 6) is -7.13. The predicted octanol–water partition coefficient (Wildman–Crippen LogP) is -18.7. The molecule has 30 N–H and O–H groups in total. The predicted molar refractivity (Wildman–Crippen MR) is 421 cm³/mol. The minimum Gasteiger partial charge on any atom is -0.396 e. The molecule has 0 bridgehead atoms. The van der Waals surface area contributed by atoms with E-state index in [-0.39, 0.29) is 0 Å². The molecule has 9 aliphatic rings. The molecule has 9 fully saturated rings. The molecule has 131 heavy (non-hydrogen) atoms. The van der Waals surface area contributed by atoms with E-state index in [0.29, 0.717) is 0 Å². The molecule has 9 aliphatic heterocycles. The standard InChI is InChI=1S/C75H128N6O49S/c1-9-112-73(64(129-68-39(78-24(5)90)53(104)47(98)32(14-85)121-68)50(101)29(10-11-82)118-67-38(77-23(4)89)52(103)46(97)31(13-84)120-67)128-63-44(95)28(18-114-74-65(130-69-40(79-25(6)91)54(105)48(99)33(15-86)122-69)58(109)49(100)35(124-74)19-115-66-37(76-22(3)88)51(102)45(96)30(12-83)119-66)17-113-72(60(63)111)127-61-34(16-87)123-70(41(55(61)106)80-26(7)92)126-62-36(125-75(131)42(56(62)107)81-27(8)93)20-116-71-59(110)57(108)43(94)21(2)117-71/h21,28-75,82-87,94-111,131H,9-20H2,1-8H3,(H,76,88)(H,77,89)(H,78,90)(H,79,91)(H,80,92)(H,81,93). The quantitative estimate of drug-likeness (QED) is 0.0201. The van der Waals surface area contributed by atoms with E-state index in [4.69, 9.17) is 90.0 Å². The van der Waals surface area contributed by atoms with Crippen molar-refractivity contribution in [1.29, 1.82) is 0 Å². The lowest BCUT2D eigenvalue weighted by molar-refractivity contribution is -0.362. The monoisotopic (exact) mass is 1930 g/mol. The first-order valence-corrected chi connectivity index (χ1v) is 42.9. The molecule has 49 atom stereocenters. The van der Waals surface area contributed by atoms with Gasteiger partial charge in [-0.15, -0.1) is 12.6 Å². The van der Waals surface area contributed by atoms with Crippen LogP contribution in [-0.4, -0.2) is 524 Å². The summed E-state index contributed by atoms with van der Waals surface area (Å²) in [5.41, 5.74) is -1.40. The van der Waals surface area contributed by atoms with Gasteiger partial charge in [-0.05, 0) is 20.3 Å². The molecule has 9 saturated heterocycles. The summed E-state index contributed by atoms with van der Waals surface area (Å²) in [5, 5.41) is 289. The van der Waals surface area contributed by atoms with E-state index in [0.717, 1.165) is 41.5 Å². The highest BCUT2D eigenvalue weighted by Gasteiger charge is 2.60. The van der Waals surface area contributed by atoms with Gasteiger partial charge in [-0.1, -0.05) is 0 Å². The van der Waals surface area contributed by atoms with Crippen LogP contribution in [0.4, 0.5) is 0 Å². The zero-order valence-corrected chi connectivity index (χ0v) is 73.1. The van der Waals surface area contributed by atoms with Crippen molar-refractivity contribution in [3.8, 4) is 0 Å². The number of aliphatic hydroxyl groups is 24. The van der Waals surface area contributed by atoms with Gasteiger partial charge in [0.15, 0.2) is 56.6 Å². The summed E-state index contributed by atoms with van der Waals surface area (Å²) < 4.78 is 117. The number of carbonyl (C=O) groups excluding carboxylic acids is 6. The number of carbonyl (C=O) groups is 6. The van der Waals surface area contributed by atoms with Crippen molar-refractivity contribution in [2.24, 2.45) is 5.92 Å². The van der Waals surface area contributed by atoms with E-state index >= 15 is 0 Å². The summed E-state index contributed by atoms with van der Waals surface area (Å²) >= 11 is 4.42. The second kappa shape index (κ2) is 49.8. The largest absolute Gasteiger partial charge is 0.396 e. The maximum Gasteiger partial charge on any atom is 0.217 e. The highest BCUT2D eigenvalue weighted by atomic mass is 32.1. The molecule has 0 aromatic heterocycles. The molecule has 0 aliphatic carbocycles. The van der Waals surface area contributed by atoms with Crippen LogP contribution in [0.25, 0.3) is 0 Å². The van der Waals surface area contributed by atoms with Crippen molar-refractivity contribution < 1.29 is 241 Å². The molecule has 758 valence electrons. The van der Waals surface area contributed by atoms with Crippen LogP contribution in [0.2, 0.25) is 0 Å². The van der Waals surface area contributed by atoms with Gasteiger partial charge in [-0.2, -0.15) is 0 Å². The maximum atomic E-state index is 13.4. The van der Waals surface area contributed by atoms with Crippen molar-refractivity contribution in [3.05, 3.63) is 0 Å². The number of rotatable bonds is 39. The van der Waals surface area contributed by atoms with Gasteiger partial charge < -0.3 is 244 Å². The average Bonchev–Trinajstić information content (AvgIpc) is 1.37. The zero-order chi connectivity index (χ0) is 96.9. The molecule has 9 heterocycles. The molecular formula is C75H128N6O49S. The summed E-state index contributed by atoms with van der Waals surface area (Å²) in [7, 11) is 0. The smallest absolute Gasteiger partial charge is 0.217 e. The maximum absolute atomic E-state index is 13.4. The topological polar surface area (TPSA) is 835 Å². The number of aliphatic hydroxyl groups excluding tert-OH is 24. The van der Waals surface area contributed by atoms with Crippen LogP contribution in [0.1, 0.15) is 61.8 Å². The van der Waals surface area contributed by atoms with Gasteiger partial charge in [0.25, 0.3) is 0 Å². The van der Waals surface area contributed by atoms with Crippen molar-refractivity contribution in [2.45, 2.75) is 355 Å². The summed E-state index contributed by atoms with van der Waals surface area (Å²) in [6.07, 6.45) is -84.9. The van der Waals surface area contributed by atoms with Gasteiger partial charge in [0.2, 0.25) is 35.4 Å². The third-order valence-corrected chi connectivity index (χ3v) is 23.9. The number of amides is 6. The molecule has 0 aromatic rings. The van der Waals surface area contributed by atoms with E-state index < -0.39 is 414 Å². The highest BCUT2D eigenvalue weighted by molar-refractivity contribution is 7.80. The third-order valence-electron chi connectivity index (χ3n) is 23.5. The Morgan fingerprint density at radius 3 is 1.21 bits per heavy atom. The van der Waals surface area contributed by atoms with Gasteiger partial charge in [0.1, 0.15) is 213 Å². The number of ether oxygens (including phenoxy) is 19. The van der Waals surface area contributed by atoms with Crippen LogP contribution in [0, 0.1) is 5.92 Å². The van der Waals surface area contributed by atoms with Crippen LogP contribution in [0.5, 0.6) is 0 Å². The highest BCUT2D eigenvalue weighted by Crippen LogP contribution is 2.40. The van der Waals surface area contributed by atoms with Crippen LogP contribution in [0.15, 0.2) is 0 Å². The van der Waals surface area contributed by atoms with Crippen molar-refractivity contribution in [1.82, 2.24) is 31.9 Å². The normalized spacial score (nSPS) is 44.5. The van der Waals surface area contributed by atoms with Gasteiger partial charge >= 0.3 is 0 Å². The first kappa shape index (κ1) is 110. The van der Waals surface area contributed by atoms with Gasteiger partial charge in [-0.3, -0.25) is 28.8 Å². The van der Waals surface area contributed by atoms with Crippen LogP contribution in [-0.2, 0) is 119 Å². The molecule has 0 spiro atoms. The number of thiol groups is 1. The lowest BCUT2D eigenvalue weighted by Crippen LogP contribution is -2.69. The summed E-state index contributed by atoms with van der Waals surface area (Å²) in [4.78, 5) is 77.1. The molecule has 49 unspecified atom stereocenters. The Kier molecular flexibility index (Phi) is 41.9. The van der Waals surface area contributed by atoms with E-state index in [1.54, 1.807) is 0 Å². The third kappa shape index (κ3) is 26.7. The lowest BCUT2D eigenvalue weighted by Gasteiger charge is -2.49. The van der Waals surface area contributed by atoms with Crippen LogP contribution >= 0.6 is 12.6 Å². The SMILES string of the molecule is CCOC(OC1C(O)C(COC2OC(COC3OC(CO)C(O)C(O)C3NC(C)=O)C(O)C(O)C2OC2OC(CO)C(O)C(O)C2NC(C)=O)COC(OC2C(CO)OC(OC3C(COC4OC(C)C(O)C(O)C4O)OC(S)C(NC(C)=O)C3O)C(NC(C)=O)C2O)C1O)C(OC1OC(CO)C(O)C(O)C1NC(C)=O)C(O)C(CCO)OC1OC(CO)C(O)C(O)C1NC(C)=O. The second-order valence-corrected chi connectivity index (χ2v) is 33.6. The Morgan fingerprint density at radius 1 is 0.351 bits per heavy atom. The van der Waals surface area contributed by atoms with Gasteiger partial charge in [0.05, 0.1) is 83.8 Å². The molecule has 0 radical (unpaired) electrons. The second-order valence-electron chi connectivity index (χ2n) is 33.1. The first-order chi connectivity index (χ1) is 61.9. The number of hydrogen-bond donors (Lipinski definition) is 31. The Morgan fingerprint density at radius 2 is 0.733 bits per heavy atom. The molecule has 9 rings (SSSR count). The summed E-state index contributed by atoms with van der Waals surface area (Å²) in [6, 6.07) is -10.7. The fraction of sp³-hybridized carbons (Fsp3) is 0.920. The Hall–Kier alpha value is -4.55. The number of nitrogens with one attached hydrogen (secondary N) is 6. The molecule has 0 aromatic carbocycles. The molecule has 0 saturated carbocycles. The van der Waals surface area contributed by atoms with E-state index in [1.807, 2.05) is 0 Å². The van der Waals surface area contributed by atoms with Gasteiger partial charge in [-0.25, -0.2) is 0 Å². The van der Waals surface area contributed by atoms with Crippen molar-refractivity contribution in [2.75, 3.05) is 72.7 Å². The average molecular weight is 1930 g/mol. The van der Waals surface area contributed by atoms with E-state index in [2.05, 4.69) is 44.5 Å². The Labute approximate surface area is 752 Å². The first-order valence-electron chi connectivity index (χ1n) is 42.3. The van der Waals surface area contributed by atoms with Crippen molar-refractivity contribution >= 4 is 48.1 Å². The Balaban J connectivity index is 1.15. The molecule has 6 amide bonds. The van der Waals surface area contributed by atoms with Crippen LogP contribution < -0.4 is 31.9 Å². The van der Waals surface area contributed by atoms with Crippen molar-refractivity contribution in [3.63, 3.8) is 0 Å². The van der Waals surface area contributed by atoms with Gasteiger partial charge in [0, 0.05) is 60.7 Å². The fourth-order valence-electron chi connectivity index (χ4n) is 16.6. The van der Waals surface area contributed by atoms with E-state index in [1.165, 1.54) is 13.8 Å². The molecular weight excluding hydrogens is 1800 g/mol. The summed E-state index contributed by atoms with van der Waals surface area (Å²) in [6.45, 7) is -2.34. The minimum atomic E-state index is -2.69. The van der Waals surface area contributed by atoms with Crippen LogP contribution in [0.3, 0.4) is 0 Å². The zero-order valence-electron chi connectivity index (χ0n) is 72.2. The minimum absolute atomic E-state index is 0.622. The fourth-order valence-corrected chi connectivity index (χ4v) is 17.0. The van der Waals surface area contributed by atoms with E-state index in [9.17, 15) is 151 Å².